The molecule has 4 heterocycles. The van der Waals surface area contributed by atoms with E-state index in [1.54, 1.807) is 0 Å². The van der Waals surface area contributed by atoms with Gasteiger partial charge in [-0.15, -0.1) is 0 Å². The number of hydrogen-bond acceptors (Lipinski definition) is 3. The molecule has 1 aliphatic carbocycles. The van der Waals surface area contributed by atoms with Crippen molar-refractivity contribution < 1.29 is 8.83 Å². The number of benzene rings is 10. The average Bonchev–Trinajstić information content (AvgIpc) is 4.33. The summed E-state index contributed by atoms with van der Waals surface area (Å²) >= 11 is 0. The van der Waals surface area contributed by atoms with Crippen molar-refractivity contribution >= 4 is 100 Å². The molecule has 15 rings (SSSR count). The first-order valence-electron chi connectivity index (χ1n) is 26.4. The normalized spacial score (nSPS) is 13.9. The highest BCUT2D eigenvalue weighted by atomic mass is 16.3. The SMILES string of the molecule is C=C(N=C(C=Cc1ccc(-c2cccc3c2oc2ccccc23)cc1)c1cccc(-n2c3ccccc3c3cc(-c4ccc5[nH]c6c(c5c4)C(C)CC=C6)ccc32)c1)c1ccc(-c2cccc3c2oc2ccccc23)cc1. The number of aromatic nitrogens is 2. The van der Waals surface area contributed by atoms with E-state index in [0.29, 0.717) is 11.6 Å². The zero-order chi connectivity index (χ0) is 51.1. The van der Waals surface area contributed by atoms with Crippen molar-refractivity contribution in [3.05, 3.63) is 265 Å². The lowest BCUT2D eigenvalue weighted by atomic mass is 9.90. The van der Waals surface area contributed by atoms with E-state index in [9.17, 15) is 0 Å². The third-order valence-electron chi connectivity index (χ3n) is 15.8. The molecule has 0 saturated heterocycles. The maximum Gasteiger partial charge on any atom is 0.143 e. The Labute approximate surface area is 444 Å². The first-order chi connectivity index (χ1) is 38.0. The number of hydrogen-bond donors (Lipinski definition) is 1. The Hall–Kier alpha value is -9.97. The van der Waals surface area contributed by atoms with Crippen molar-refractivity contribution in [3.63, 3.8) is 0 Å². The third-order valence-corrected chi connectivity index (χ3v) is 15.8. The number of fused-ring (bicyclic) bond motifs is 12. The summed E-state index contributed by atoms with van der Waals surface area (Å²) < 4.78 is 15.2. The quantitative estimate of drug-likeness (QED) is 0.147. The van der Waals surface area contributed by atoms with E-state index in [1.807, 2.05) is 24.3 Å². The van der Waals surface area contributed by atoms with Crippen LogP contribution in [0.4, 0.5) is 0 Å². The molecular formula is C72H49N3O2. The highest BCUT2D eigenvalue weighted by Gasteiger charge is 2.21. The second kappa shape index (κ2) is 17.9. The summed E-state index contributed by atoms with van der Waals surface area (Å²) in [6, 6.07) is 77.6. The number of nitrogens with one attached hydrogen (secondary N) is 1. The molecule has 10 aromatic carbocycles. The van der Waals surface area contributed by atoms with E-state index in [0.717, 1.165) is 112 Å². The molecule has 14 aromatic rings. The summed E-state index contributed by atoms with van der Waals surface area (Å²) in [4.78, 5) is 9.03. The topological polar surface area (TPSA) is 59.4 Å². The van der Waals surface area contributed by atoms with Crippen LogP contribution in [-0.2, 0) is 0 Å². The van der Waals surface area contributed by atoms with Crippen molar-refractivity contribution in [3.8, 4) is 39.1 Å². The summed E-state index contributed by atoms with van der Waals surface area (Å²) in [5, 5.41) is 8.18. The maximum atomic E-state index is 6.42. The highest BCUT2D eigenvalue weighted by molar-refractivity contribution is 6.15. The van der Waals surface area contributed by atoms with Crippen LogP contribution in [0.25, 0.3) is 134 Å². The molecule has 0 aliphatic heterocycles. The molecule has 0 radical (unpaired) electrons. The lowest BCUT2D eigenvalue weighted by Crippen LogP contribution is -2.01. The van der Waals surface area contributed by atoms with Gasteiger partial charge in [-0.25, -0.2) is 4.99 Å². The summed E-state index contributed by atoms with van der Waals surface area (Å²) in [6.45, 7) is 6.91. The zero-order valence-corrected chi connectivity index (χ0v) is 42.3. The van der Waals surface area contributed by atoms with E-state index in [1.165, 1.54) is 44.1 Å². The van der Waals surface area contributed by atoms with Crippen molar-refractivity contribution in [2.75, 3.05) is 0 Å². The molecule has 4 aromatic heterocycles. The molecule has 5 heteroatoms. The molecule has 0 saturated carbocycles. The molecule has 1 N–H and O–H groups in total. The van der Waals surface area contributed by atoms with E-state index >= 15 is 0 Å². The predicted octanol–water partition coefficient (Wildman–Crippen LogP) is 19.8. The number of H-pyrrole nitrogens is 1. The van der Waals surface area contributed by atoms with Gasteiger partial charge in [0, 0.05) is 71.3 Å². The van der Waals surface area contributed by atoms with Crippen LogP contribution in [0, 0.1) is 0 Å². The van der Waals surface area contributed by atoms with Gasteiger partial charge in [-0.3, -0.25) is 0 Å². The Morgan fingerprint density at radius 2 is 1.12 bits per heavy atom. The Balaban J connectivity index is 0.806. The smallest absolute Gasteiger partial charge is 0.143 e. The molecule has 1 unspecified atom stereocenters. The first-order valence-corrected chi connectivity index (χ1v) is 26.4. The van der Waals surface area contributed by atoms with Crippen LogP contribution in [0.15, 0.2) is 251 Å². The Morgan fingerprint density at radius 1 is 0.532 bits per heavy atom. The van der Waals surface area contributed by atoms with Gasteiger partial charge in [0.05, 0.1) is 22.4 Å². The number of allylic oxidation sites excluding steroid dienone is 2. The fraction of sp³-hybridized carbons (Fsp3) is 0.0417. The van der Waals surface area contributed by atoms with E-state index < -0.39 is 0 Å². The lowest BCUT2D eigenvalue weighted by molar-refractivity contribution is 0.669. The van der Waals surface area contributed by atoms with Gasteiger partial charge in [0.1, 0.15) is 22.3 Å². The highest BCUT2D eigenvalue weighted by Crippen LogP contribution is 2.41. The molecular weight excluding hydrogens is 939 g/mol. The molecule has 1 atom stereocenters. The van der Waals surface area contributed by atoms with Gasteiger partial charge < -0.3 is 18.4 Å². The molecule has 5 nitrogen and oxygen atoms in total. The number of nitrogens with zero attached hydrogens (tertiary/aromatic N) is 2. The summed E-state index contributed by atoms with van der Waals surface area (Å²) in [7, 11) is 0. The van der Waals surface area contributed by atoms with E-state index in [4.69, 9.17) is 13.8 Å². The van der Waals surface area contributed by atoms with Gasteiger partial charge in [-0.1, -0.05) is 189 Å². The molecule has 1 aliphatic rings. The van der Waals surface area contributed by atoms with Gasteiger partial charge in [-0.2, -0.15) is 0 Å². The minimum absolute atomic E-state index is 0.472. The maximum absolute atomic E-state index is 6.42. The van der Waals surface area contributed by atoms with Gasteiger partial charge in [-0.05, 0) is 118 Å². The molecule has 0 spiro atoms. The van der Waals surface area contributed by atoms with Crippen molar-refractivity contribution in [2.24, 2.45) is 4.99 Å². The molecule has 0 fully saturated rings. The second-order valence-corrected chi connectivity index (χ2v) is 20.4. The van der Waals surface area contributed by atoms with Gasteiger partial charge >= 0.3 is 0 Å². The fourth-order valence-electron chi connectivity index (χ4n) is 12.0. The molecule has 0 bridgehead atoms. The van der Waals surface area contributed by atoms with Crippen LogP contribution >= 0.6 is 0 Å². The molecule has 364 valence electrons. The van der Waals surface area contributed by atoms with Crippen LogP contribution in [0.3, 0.4) is 0 Å². The van der Waals surface area contributed by atoms with Gasteiger partial charge in [0.15, 0.2) is 0 Å². The summed E-state index contributed by atoms with van der Waals surface area (Å²) in [6.07, 6.45) is 9.83. The largest absolute Gasteiger partial charge is 0.455 e. The van der Waals surface area contributed by atoms with Crippen LogP contribution in [0.1, 0.15) is 47.2 Å². The number of aromatic amines is 1. The van der Waals surface area contributed by atoms with Crippen molar-refractivity contribution in [2.45, 2.75) is 19.3 Å². The van der Waals surface area contributed by atoms with Crippen LogP contribution in [0.2, 0.25) is 0 Å². The molecule has 77 heavy (non-hydrogen) atoms. The monoisotopic (exact) mass is 987 g/mol. The van der Waals surface area contributed by atoms with Gasteiger partial charge in [0.2, 0.25) is 0 Å². The van der Waals surface area contributed by atoms with Crippen LogP contribution in [-0.4, -0.2) is 15.3 Å². The van der Waals surface area contributed by atoms with E-state index in [2.05, 4.69) is 241 Å². The number of furan rings is 2. The summed E-state index contributed by atoms with van der Waals surface area (Å²) in [5.41, 5.74) is 21.8. The minimum atomic E-state index is 0.472. The third kappa shape index (κ3) is 7.50. The summed E-state index contributed by atoms with van der Waals surface area (Å²) in [5.74, 6) is 0.472. The van der Waals surface area contributed by atoms with Crippen LogP contribution in [0.5, 0.6) is 0 Å². The average molecular weight is 988 g/mol. The zero-order valence-electron chi connectivity index (χ0n) is 42.3. The van der Waals surface area contributed by atoms with Gasteiger partial charge in [0.25, 0.3) is 0 Å². The Bertz CT molecular complexity index is 4800. The molecule has 0 amide bonds. The standard InChI is InChI=1S/C72H49N3O2/c1-44-13-9-23-65-70(44)62-43-50(36-39-64(62)74-65)51-37-40-67-61(42-51)56-16-3-6-24-66(56)75(67)53-15-10-14-52(41-53)63(38-29-46-27-30-48(31-28-46)54-19-11-21-59-57-17-4-7-25-68(57)76-71(54)59)73-45(2)47-32-34-49(35-33-47)55-20-12-22-60-58-18-5-8-26-69(58)77-72(55)60/h3-12,14-44,74H,2,13H2,1H3. The van der Waals surface area contributed by atoms with Crippen molar-refractivity contribution in [1.29, 1.82) is 0 Å². The lowest BCUT2D eigenvalue weighted by Gasteiger charge is -2.14. The predicted molar refractivity (Wildman–Crippen MR) is 323 cm³/mol. The van der Waals surface area contributed by atoms with E-state index in [-0.39, 0.29) is 0 Å². The number of rotatable bonds is 9. The Morgan fingerprint density at radius 3 is 1.83 bits per heavy atom. The van der Waals surface area contributed by atoms with Crippen LogP contribution < -0.4 is 0 Å². The first kappa shape index (κ1) is 44.5. The fourth-order valence-corrected chi connectivity index (χ4v) is 12.0. The number of aliphatic imine (C=N–C) groups is 1. The number of para-hydroxylation sites is 5. The second-order valence-electron chi connectivity index (χ2n) is 20.4. The van der Waals surface area contributed by atoms with Crippen molar-refractivity contribution in [1.82, 2.24) is 9.55 Å². The Kier molecular flexibility index (Phi) is 10.3. The minimum Gasteiger partial charge on any atom is -0.455 e.